The van der Waals surface area contributed by atoms with Gasteiger partial charge in [0.25, 0.3) is 0 Å². The standard InChI is InChI=1S/C21H28ClN3O3.HI/c1-5-23-21(25-14-15-7-6-8-17(22)13-15)24-12-11-16-9-10-18(26-2)20(28-4)19(16)27-3;/h6-10,13H,5,11-12,14H2,1-4H3,(H2,23,24,25);1H. The van der Waals surface area contributed by atoms with Crippen molar-refractivity contribution < 1.29 is 14.2 Å². The molecule has 8 heteroatoms. The van der Waals surface area contributed by atoms with E-state index in [9.17, 15) is 0 Å². The van der Waals surface area contributed by atoms with Crippen LogP contribution in [0.4, 0.5) is 0 Å². The number of hydrogen-bond acceptors (Lipinski definition) is 4. The predicted octanol–water partition coefficient (Wildman–Crippen LogP) is 4.28. The molecule has 0 bridgehead atoms. The first-order valence-corrected chi connectivity index (χ1v) is 9.55. The Kier molecular flexibility index (Phi) is 11.6. The SMILES string of the molecule is CCNC(=NCc1cccc(Cl)c1)NCCc1ccc(OC)c(OC)c1OC.I. The van der Waals surface area contributed by atoms with Crippen LogP contribution in [0.3, 0.4) is 0 Å². The molecule has 0 spiro atoms. The topological polar surface area (TPSA) is 64.1 Å². The van der Waals surface area contributed by atoms with Crippen LogP contribution >= 0.6 is 35.6 Å². The van der Waals surface area contributed by atoms with E-state index < -0.39 is 0 Å². The normalized spacial score (nSPS) is 10.7. The second-order valence-corrected chi connectivity index (χ2v) is 6.43. The van der Waals surface area contributed by atoms with Crippen molar-refractivity contribution in [2.75, 3.05) is 34.4 Å². The van der Waals surface area contributed by atoms with Crippen LogP contribution in [0, 0.1) is 0 Å². The minimum absolute atomic E-state index is 0. The first kappa shape index (κ1) is 25.2. The smallest absolute Gasteiger partial charge is 0.203 e. The number of methoxy groups -OCH3 is 3. The van der Waals surface area contributed by atoms with E-state index in [1.165, 1.54) is 0 Å². The van der Waals surface area contributed by atoms with E-state index in [-0.39, 0.29) is 24.0 Å². The Hall–Kier alpha value is -1.87. The number of guanidine groups is 1. The molecule has 2 N–H and O–H groups in total. The summed E-state index contributed by atoms with van der Waals surface area (Å²) in [5.74, 6) is 2.68. The minimum Gasteiger partial charge on any atom is -0.493 e. The predicted molar refractivity (Wildman–Crippen MR) is 129 cm³/mol. The Bertz CT molecular complexity index is 803. The Morgan fingerprint density at radius 2 is 1.76 bits per heavy atom. The molecule has 6 nitrogen and oxygen atoms in total. The first-order chi connectivity index (χ1) is 13.6. The summed E-state index contributed by atoms with van der Waals surface area (Å²) in [7, 11) is 4.84. The van der Waals surface area contributed by atoms with Crippen LogP contribution in [0.5, 0.6) is 17.2 Å². The lowest BCUT2D eigenvalue weighted by molar-refractivity contribution is 0.322. The van der Waals surface area contributed by atoms with Gasteiger partial charge in [0.05, 0.1) is 27.9 Å². The van der Waals surface area contributed by atoms with Gasteiger partial charge in [-0.05, 0) is 37.1 Å². The van der Waals surface area contributed by atoms with Crippen molar-refractivity contribution in [3.05, 3.63) is 52.5 Å². The summed E-state index contributed by atoms with van der Waals surface area (Å²) in [5.41, 5.74) is 2.09. The molecule has 0 aromatic heterocycles. The van der Waals surface area contributed by atoms with Gasteiger partial charge in [0.15, 0.2) is 17.5 Å². The highest BCUT2D eigenvalue weighted by Crippen LogP contribution is 2.39. The van der Waals surface area contributed by atoms with Crippen molar-refractivity contribution in [3.8, 4) is 17.2 Å². The fourth-order valence-corrected chi connectivity index (χ4v) is 3.04. The second-order valence-electron chi connectivity index (χ2n) is 6.00. The average Bonchev–Trinajstić information content (AvgIpc) is 2.71. The van der Waals surface area contributed by atoms with E-state index in [1.807, 2.05) is 43.3 Å². The fraction of sp³-hybridized carbons (Fsp3) is 0.381. The van der Waals surface area contributed by atoms with Crippen LogP contribution < -0.4 is 24.8 Å². The molecule has 0 amide bonds. The van der Waals surface area contributed by atoms with Gasteiger partial charge in [0.2, 0.25) is 5.75 Å². The van der Waals surface area contributed by atoms with Crippen LogP contribution in [0.15, 0.2) is 41.4 Å². The zero-order valence-corrected chi connectivity index (χ0v) is 20.3. The molecular weight excluding hydrogens is 505 g/mol. The summed E-state index contributed by atoms with van der Waals surface area (Å²) < 4.78 is 16.3. The van der Waals surface area contributed by atoms with Gasteiger partial charge in [0.1, 0.15) is 0 Å². The summed E-state index contributed by atoms with van der Waals surface area (Å²) in [4.78, 5) is 4.62. The molecule has 29 heavy (non-hydrogen) atoms. The van der Waals surface area contributed by atoms with Crippen molar-refractivity contribution in [1.82, 2.24) is 10.6 Å². The first-order valence-electron chi connectivity index (χ1n) is 9.17. The molecule has 0 saturated heterocycles. The molecule has 0 aliphatic heterocycles. The maximum atomic E-state index is 6.04. The van der Waals surface area contributed by atoms with Crippen molar-refractivity contribution >= 4 is 41.5 Å². The highest BCUT2D eigenvalue weighted by atomic mass is 127. The third-order valence-corrected chi connectivity index (χ3v) is 4.36. The molecule has 0 radical (unpaired) electrons. The summed E-state index contributed by atoms with van der Waals surface area (Å²) in [5, 5.41) is 7.32. The van der Waals surface area contributed by atoms with Gasteiger partial charge in [-0.2, -0.15) is 0 Å². The largest absolute Gasteiger partial charge is 0.493 e. The maximum absolute atomic E-state index is 6.04. The number of rotatable bonds is 9. The molecule has 2 aromatic carbocycles. The summed E-state index contributed by atoms with van der Waals surface area (Å²) in [6.45, 7) is 4.05. The van der Waals surface area contributed by atoms with Gasteiger partial charge in [0, 0.05) is 23.7 Å². The van der Waals surface area contributed by atoms with Gasteiger partial charge >= 0.3 is 0 Å². The molecule has 0 saturated carbocycles. The Morgan fingerprint density at radius 3 is 2.38 bits per heavy atom. The highest BCUT2D eigenvalue weighted by molar-refractivity contribution is 14.0. The third-order valence-electron chi connectivity index (χ3n) is 4.13. The molecule has 2 aromatic rings. The Labute approximate surface area is 195 Å². The number of aliphatic imine (C=N–C) groups is 1. The number of benzene rings is 2. The van der Waals surface area contributed by atoms with E-state index in [1.54, 1.807) is 21.3 Å². The third kappa shape index (κ3) is 7.47. The zero-order valence-electron chi connectivity index (χ0n) is 17.3. The van der Waals surface area contributed by atoms with Gasteiger partial charge < -0.3 is 24.8 Å². The van der Waals surface area contributed by atoms with Crippen molar-refractivity contribution in [3.63, 3.8) is 0 Å². The lowest BCUT2D eigenvalue weighted by Crippen LogP contribution is -2.38. The van der Waals surface area contributed by atoms with Gasteiger partial charge in [-0.3, -0.25) is 0 Å². The van der Waals surface area contributed by atoms with E-state index in [4.69, 9.17) is 25.8 Å². The van der Waals surface area contributed by atoms with Gasteiger partial charge in [-0.1, -0.05) is 29.8 Å². The monoisotopic (exact) mass is 533 g/mol. The van der Waals surface area contributed by atoms with Crippen LogP contribution in [0.25, 0.3) is 0 Å². The van der Waals surface area contributed by atoms with Gasteiger partial charge in [-0.15, -0.1) is 24.0 Å². The van der Waals surface area contributed by atoms with Crippen molar-refractivity contribution in [1.29, 1.82) is 0 Å². The van der Waals surface area contributed by atoms with Gasteiger partial charge in [-0.25, -0.2) is 4.99 Å². The molecule has 0 atom stereocenters. The maximum Gasteiger partial charge on any atom is 0.203 e. The van der Waals surface area contributed by atoms with Crippen LogP contribution in [-0.4, -0.2) is 40.4 Å². The summed E-state index contributed by atoms with van der Waals surface area (Å²) in [6, 6.07) is 11.6. The molecule has 2 rings (SSSR count). The molecule has 0 heterocycles. The zero-order chi connectivity index (χ0) is 20.4. The summed E-state index contributed by atoms with van der Waals surface area (Å²) in [6.07, 6.45) is 0.741. The number of halogens is 2. The average molecular weight is 534 g/mol. The van der Waals surface area contributed by atoms with Crippen LogP contribution in [-0.2, 0) is 13.0 Å². The van der Waals surface area contributed by atoms with Crippen molar-refractivity contribution in [2.24, 2.45) is 4.99 Å². The highest BCUT2D eigenvalue weighted by Gasteiger charge is 2.15. The van der Waals surface area contributed by atoms with Crippen molar-refractivity contribution in [2.45, 2.75) is 19.9 Å². The molecule has 0 fully saturated rings. The number of nitrogens with zero attached hydrogens (tertiary/aromatic N) is 1. The molecule has 0 aliphatic carbocycles. The van der Waals surface area contributed by atoms with Crippen LogP contribution in [0.1, 0.15) is 18.1 Å². The van der Waals surface area contributed by atoms with E-state index in [0.717, 1.165) is 30.1 Å². The van der Waals surface area contributed by atoms with E-state index >= 15 is 0 Å². The molecule has 160 valence electrons. The van der Waals surface area contributed by atoms with E-state index in [2.05, 4.69) is 15.6 Å². The quantitative estimate of drug-likeness (QED) is 0.286. The lowest BCUT2D eigenvalue weighted by Gasteiger charge is -2.16. The minimum atomic E-state index is 0. The van der Waals surface area contributed by atoms with Crippen LogP contribution in [0.2, 0.25) is 5.02 Å². The Balaban J connectivity index is 0.00000420. The number of nitrogens with one attached hydrogen (secondary N) is 2. The number of hydrogen-bond donors (Lipinski definition) is 2. The Morgan fingerprint density at radius 1 is 1.00 bits per heavy atom. The lowest BCUT2D eigenvalue weighted by atomic mass is 10.1. The fourth-order valence-electron chi connectivity index (χ4n) is 2.82. The van der Waals surface area contributed by atoms with E-state index in [0.29, 0.717) is 35.4 Å². The molecule has 0 unspecified atom stereocenters. The second kappa shape index (κ2) is 13.4. The number of ether oxygens (including phenoxy) is 3. The molecule has 0 aliphatic rings. The molecular formula is C21H29ClIN3O3. The summed E-state index contributed by atoms with van der Waals surface area (Å²) >= 11 is 6.04.